The third-order valence-electron chi connectivity index (χ3n) is 3.52. The number of carbonyl (C=O) groups is 1. The van der Waals surface area contributed by atoms with E-state index >= 15 is 0 Å². The van der Waals surface area contributed by atoms with Crippen LogP contribution >= 0.6 is 11.3 Å². The summed E-state index contributed by atoms with van der Waals surface area (Å²) >= 11 is 1.26. The van der Waals surface area contributed by atoms with Gasteiger partial charge in [-0.3, -0.25) is 5.32 Å². The molecule has 4 heterocycles. The van der Waals surface area contributed by atoms with Crippen LogP contribution < -0.4 is 34.9 Å². The smallest absolute Gasteiger partial charge is 0.724 e. The third kappa shape index (κ3) is 2.72. The van der Waals surface area contributed by atoms with Gasteiger partial charge < -0.3 is 9.45 Å². The van der Waals surface area contributed by atoms with Crippen molar-refractivity contribution in [1.82, 2.24) is 14.9 Å². The summed E-state index contributed by atoms with van der Waals surface area (Å²) in [4.78, 5) is 18.7. The number of hydrogen-bond donors (Lipinski definition) is 1. The van der Waals surface area contributed by atoms with Gasteiger partial charge in [0.05, 0.1) is 22.6 Å². The normalized spacial score (nSPS) is 25.4. The molecule has 11 nitrogen and oxygen atoms in total. The van der Waals surface area contributed by atoms with E-state index < -0.39 is 28.5 Å². The summed E-state index contributed by atoms with van der Waals surface area (Å²) < 4.78 is 36.9. The van der Waals surface area contributed by atoms with Gasteiger partial charge in [0.1, 0.15) is 6.04 Å². The minimum atomic E-state index is -5.05. The van der Waals surface area contributed by atoms with Crippen LogP contribution in [0.4, 0.5) is 4.79 Å². The number of hydrogen-bond acceptors (Lipinski definition) is 9. The van der Waals surface area contributed by atoms with Gasteiger partial charge in [0.25, 0.3) is 5.84 Å². The predicted octanol–water partition coefficient (Wildman–Crippen LogP) is -4.71. The second-order valence-corrected chi connectivity index (χ2v) is 6.57. The maximum Gasteiger partial charge on any atom is 1.00 e. The van der Waals surface area contributed by atoms with Crippen molar-refractivity contribution in [3.63, 3.8) is 0 Å². The molecule has 1 saturated heterocycles. The fraction of sp³-hybridized carbons (Fsp3) is 0.333. The molecule has 0 aromatic carbocycles. The summed E-state index contributed by atoms with van der Waals surface area (Å²) in [5, 5.41) is 9.93. The third-order valence-corrected chi connectivity index (χ3v) is 4.81. The molecule has 2 amide bonds. The van der Waals surface area contributed by atoms with Gasteiger partial charge in [0.2, 0.25) is 16.7 Å². The zero-order chi connectivity index (χ0) is 15.5. The van der Waals surface area contributed by atoms with E-state index in [1.165, 1.54) is 22.6 Å². The van der Waals surface area contributed by atoms with Crippen LogP contribution in [-0.2, 0) is 14.7 Å². The number of amides is 2. The van der Waals surface area contributed by atoms with Crippen LogP contribution in [0.25, 0.3) is 0 Å². The van der Waals surface area contributed by atoms with E-state index in [1.807, 2.05) is 0 Å². The standard InChI is InChI=1S/C9H8N6O5S2.Na/c16-9-14-1-4(15(9)20-22(17,18)19)7-5(11-3-21-7)6(14)8-10-2-12-13-8;/h2-4,6H,1H2,(H,10,12,13)(H,17,18,19);/q;+1/t4?,6-;/m0./s1. The second-order valence-electron chi connectivity index (χ2n) is 4.72. The molecule has 3 aliphatic rings. The molecule has 0 aliphatic carbocycles. The monoisotopic (exact) mass is 367 g/mol. The average Bonchev–Trinajstić information content (AvgIpc) is 3.15. The second kappa shape index (κ2) is 5.86. The van der Waals surface area contributed by atoms with Crippen LogP contribution in [0.15, 0.2) is 15.7 Å². The van der Waals surface area contributed by atoms with E-state index in [0.29, 0.717) is 21.5 Å². The Morgan fingerprint density at radius 2 is 2.26 bits per heavy atom. The average molecular weight is 367 g/mol. The Hall–Kier alpha value is -0.930. The van der Waals surface area contributed by atoms with Gasteiger partial charge in [-0.25, -0.2) is 18.2 Å². The SMILES string of the molecule is O=C1N(OS(=O)(=O)[O-])C2CN1[C@H](C1=NN=C[NH2+]1)c1ncsc12.[Na+]. The van der Waals surface area contributed by atoms with E-state index in [0.717, 1.165) is 0 Å². The number of urea groups is 1. The number of amidine groups is 1. The zero-order valence-corrected chi connectivity index (χ0v) is 15.3. The minimum Gasteiger partial charge on any atom is -0.724 e. The minimum absolute atomic E-state index is 0. The van der Waals surface area contributed by atoms with Crippen molar-refractivity contribution in [2.24, 2.45) is 10.2 Å². The summed E-state index contributed by atoms with van der Waals surface area (Å²) in [6, 6.07) is -1.98. The van der Waals surface area contributed by atoms with E-state index in [4.69, 9.17) is 0 Å². The molecule has 0 spiro atoms. The molecule has 23 heavy (non-hydrogen) atoms. The van der Waals surface area contributed by atoms with E-state index in [9.17, 15) is 17.8 Å². The number of carbonyl (C=O) groups excluding carboxylic acids is 1. The van der Waals surface area contributed by atoms with Crippen molar-refractivity contribution in [2.45, 2.75) is 12.1 Å². The Labute approximate surface area is 156 Å². The molecule has 0 radical (unpaired) electrons. The van der Waals surface area contributed by atoms with Gasteiger partial charge in [0.15, 0.2) is 6.04 Å². The molecule has 3 aliphatic heterocycles. The predicted molar refractivity (Wildman–Crippen MR) is 70.2 cm³/mol. The molecule has 4 rings (SSSR count). The largest absolute Gasteiger partial charge is 1.00 e. The van der Waals surface area contributed by atoms with Crippen molar-refractivity contribution in [3.05, 3.63) is 16.1 Å². The van der Waals surface area contributed by atoms with E-state index in [2.05, 4.69) is 19.5 Å². The first-order chi connectivity index (χ1) is 10.5. The van der Waals surface area contributed by atoms with Gasteiger partial charge in [0, 0.05) is 0 Å². The first-order valence-corrected chi connectivity index (χ1v) is 8.30. The Morgan fingerprint density at radius 3 is 2.91 bits per heavy atom. The first kappa shape index (κ1) is 16.9. The van der Waals surface area contributed by atoms with Gasteiger partial charge >= 0.3 is 35.6 Å². The Balaban J connectivity index is 0.00000156. The van der Waals surface area contributed by atoms with Gasteiger partial charge in [-0.15, -0.1) is 11.3 Å². The molecule has 14 heteroatoms. The molecule has 0 saturated carbocycles. The quantitative estimate of drug-likeness (QED) is 0.323. The first-order valence-electron chi connectivity index (χ1n) is 6.08. The van der Waals surface area contributed by atoms with Gasteiger partial charge in [-0.2, -0.15) is 9.35 Å². The van der Waals surface area contributed by atoms with Gasteiger partial charge in [-0.05, 0) is 0 Å². The number of fused-ring (bicyclic) bond motifs is 4. The molecule has 2 atom stereocenters. The fourth-order valence-corrected chi connectivity index (χ4v) is 4.00. The molecule has 2 N–H and O–H groups in total. The summed E-state index contributed by atoms with van der Waals surface area (Å²) in [5.41, 5.74) is 2.18. The van der Waals surface area contributed by atoms with Crippen LogP contribution in [-0.4, -0.2) is 52.7 Å². The number of rotatable bonds is 3. The molecule has 1 aromatic heterocycles. The van der Waals surface area contributed by atoms with Crippen LogP contribution in [0.3, 0.4) is 0 Å². The molecular weight excluding hydrogens is 359 g/mol. The van der Waals surface area contributed by atoms with Crippen molar-refractivity contribution in [1.29, 1.82) is 0 Å². The van der Waals surface area contributed by atoms with Crippen LogP contribution in [0.1, 0.15) is 22.7 Å². The Bertz CT molecular complexity index is 822. The number of nitrogens with zero attached hydrogens (tertiary/aromatic N) is 5. The number of hydroxylamine groups is 2. The molecule has 1 fully saturated rings. The molecule has 116 valence electrons. The van der Waals surface area contributed by atoms with Crippen molar-refractivity contribution in [3.8, 4) is 0 Å². The Kier molecular flexibility index (Phi) is 4.31. The van der Waals surface area contributed by atoms with Crippen LogP contribution in [0.5, 0.6) is 0 Å². The molecule has 1 aromatic rings. The number of quaternary nitrogens is 1. The summed E-state index contributed by atoms with van der Waals surface area (Å²) in [5.74, 6) is 0.519. The maximum absolute atomic E-state index is 12.4. The number of aromatic nitrogens is 1. The van der Waals surface area contributed by atoms with Gasteiger partial charge in [-0.1, -0.05) is 10.2 Å². The van der Waals surface area contributed by atoms with Crippen molar-refractivity contribution < 1.29 is 56.9 Å². The van der Waals surface area contributed by atoms with Crippen molar-refractivity contribution >= 4 is 39.9 Å². The Morgan fingerprint density at radius 1 is 1.48 bits per heavy atom. The van der Waals surface area contributed by atoms with Crippen molar-refractivity contribution in [2.75, 3.05) is 6.54 Å². The van der Waals surface area contributed by atoms with Crippen LogP contribution in [0, 0.1) is 0 Å². The summed E-state index contributed by atoms with van der Waals surface area (Å²) in [7, 11) is -5.05. The number of thiazole rings is 1. The summed E-state index contributed by atoms with van der Waals surface area (Å²) in [6.07, 6.45) is 1.49. The fourth-order valence-electron chi connectivity index (χ4n) is 2.74. The van der Waals surface area contributed by atoms with E-state index in [-0.39, 0.29) is 36.1 Å². The zero-order valence-electron chi connectivity index (χ0n) is 11.7. The topological polar surface area (TPSA) is 144 Å². The molecule has 1 unspecified atom stereocenters. The molecular formula is C9H8N6NaO5S2+. The van der Waals surface area contributed by atoms with Crippen LogP contribution in [0.2, 0.25) is 0 Å². The summed E-state index contributed by atoms with van der Waals surface area (Å²) in [6.45, 7) is 0.182. The maximum atomic E-state index is 12.4. The van der Waals surface area contributed by atoms with E-state index in [1.54, 1.807) is 10.8 Å². The molecule has 2 bridgehead atoms. The number of nitrogens with two attached hydrogens (primary N) is 1.